The molecular formula is C17H19BrFNO. The van der Waals surface area contributed by atoms with Gasteiger partial charge in [-0.1, -0.05) is 29.8 Å². The molecular weight excluding hydrogens is 333 g/mol. The van der Waals surface area contributed by atoms with Crippen LogP contribution >= 0.6 is 15.9 Å². The highest BCUT2D eigenvalue weighted by atomic mass is 79.9. The minimum absolute atomic E-state index is 0.257. The molecule has 0 aromatic heterocycles. The average molecular weight is 352 g/mol. The summed E-state index contributed by atoms with van der Waals surface area (Å²) in [5.41, 5.74) is 1.92. The van der Waals surface area contributed by atoms with Crippen LogP contribution < -0.4 is 10.1 Å². The van der Waals surface area contributed by atoms with Gasteiger partial charge in [-0.2, -0.15) is 0 Å². The van der Waals surface area contributed by atoms with E-state index in [0.29, 0.717) is 18.2 Å². The maximum atomic E-state index is 13.4. The van der Waals surface area contributed by atoms with Gasteiger partial charge in [0, 0.05) is 16.6 Å². The second-order valence-electron chi connectivity index (χ2n) is 5.22. The molecule has 2 aromatic rings. The molecule has 0 saturated heterocycles. The lowest BCUT2D eigenvalue weighted by atomic mass is 10.0. The largest absolute Gasteiger partial charge is 0.457 e. The van der Waals surface area contributed by atoms with Crippen molar-refractivity contribution in [3.63, 3.8) is 0 Å². The normalized spacial score (nSPS) is 11.0. The molecule has 0 radical (unpaired) electrons. The van der Waals surface area contributed by atoms with Crippen molar-refractivity contribution in [2.45, 2.75) is 26.3 Å². The van der Waals surface area contributed by atoms with E-state index in [1.165, 1.54) is 12.1 Å². The fourth-order valence-electron chi connectivity index (χ4n) is 2.16. The van der Waals surface area contributed by atoms with Gasteiger partial charge in [-0.15, -0.1) is 0 Å². The van der Waals surface area contributed by atoms with Gasteiger partial charge in [-0.3, -0.25) is 0 Å². The standard InChI is InChI=1S/C17H19BrFNO/c1-11(2)15-9-13(18)4-6-17(15)21-16-7-5-14(19)8-12(16)10-20-3/h4-9,11,20H,10H2,1-3H3. The second kappa shape index (κ2) is 7.05. The molecule has 2 rings (SSSR count). The molecule has 21 heavy (non-hydrogen) atoms. The van der Waals surface area contributed by atoms with Crippen molar-refractivity contribution in [3.05, 3.63) is 57.8 Å². The number of halogens is 2. The molecule has 0 bridgehead atoms. The zero-order chi connectivity index (χ0) is 15.4. The van der Waals surface area contributed by atoms with Crippen molar-refractivity contribution in [2.75, 3.05) is 7.05 Å². The summed E-state index contributed by atoms with van der Waals surface area (Å²) in [6.07, 6.45) is 0. The molecule has 0 unspecified atom stereocenters. The van der Waals surface area contributed by atoms with Gasteiger partial charge >= 0.3 is 0 Å². The first-order valence-corrected chi connectivity index (χ1v) is 7.71. The minimum atomic E-state index is -0.257. The summed E-state index contributed by atoms with van der Waals surface area (Å²) in [4.78, 5) is 0. The molecule has 112 valence electrons. The zero-order valence-corrected chi connectivity index (χ0v) is 14.0. The predicted octanol–water partition coefficient (Wildman–Crippen LogP) is 5.22. The van der Waals surface area contributed by atoms with Gasteiger partial charge in [0.25, 0.3) is 0 Å². The fourth-order valence-corrected chi connectivity index (χ4v) is 2.54. The van der Waals surface area contributed by atoms with Crippen molar-refractivity contribution in [3.8, 4) is 11.5 Å². The Morgan fingerprint density at radius 2 is 1.86 bits per heavy atom. The Balaban J connectivity index is 2.38. The lowest BCUT2D eigenvalue weighted by molar-refractivity contribution is 0.463. The van der Waals surface area contributed by atoms with Crippen molar-refractivity contribution in [1.82, 2.24) is 5.32 Å². The Bertz CT molecular complexity index is 628. The molecule has 0 saturated carbocycles. The monoisotopic (exact) mass is 351 g/mol. The molecule has 0 aliphatic heterocycles. The number of rotatable bonds is 5. The maximum Gasteiger partial charge on any atom is 0.132 e. The number of benzene rings is 2. The van der Waals surface area contributed by atoms with Crippen molar-refractivity contribution >= 4 is 15.9 Å². The van der Waals surface area contributed by atoms with E-state index in [1.807, 2.05) is 19.2 Å². The van der Waals surface area contributed by atoms with E-state index in [4.69, 9.17) is 4.74 Å². The Hall–Kier alpha value is -1.39. The van der Waals surface area contributed by atoms with E-state index < -0.39 is 0 Å². The zero-order valence-electron chi connectivity index (χ0n) is 12.4. The van der Waals surface area contributed by atoms with Gasteiger partial charge in [-0.25, -0.2) is 4.39 Å². The average Bonchev–Trinajstić information content (AvgIpc) is 2.43. The molecule has 1 N–H and O–H groups in total. The number of nitrogens with one attached hydrogen (secondary N) is 1. The molecule has 2 aromatic carbocycles. The smallest absolute Gasteiger partial charge is 0.132 e. The molecule has 4 heteroatoms. The maximum absolute atomic E-state index is 13.4. The molecule has 2 nitrogen and oxygen atoms in total. The van der Waals surface area contributed by atoms with Crippen LogP contribution in [0.5, 0.6) is 11.5 Å². The Labute approximate surface area is 133 Å². The SMILES string of the molecule is CNCc1cc(F)ccc1Oc1ccc(Br)cc1C(C)C. The van der Waals surface area contributed by atoms with Gasteiger partial charge in [0.1, 0.15) is 17.3 Å². The first-order valence-electron chi connectivity index (χ1n) is 6.91. The Kier molecular flexibility index (Phi) is 5.37. The van der Waals surface area contributed by atoms with Crippen LogP contribution in [0.2, 0.25) is 0 Å². The van der Waals surface area contributed by atoms with Crippen LogP contribution in [0.25, 0.3) is 0 Å². The highest BCUT2D eigenvalue weighted by Gasteiger charge is 2.12. The van der Waals surface area contributed by atoms with E-state index >= 15 is 0 Å². The van der Waals surface area contributed by atoms with E-state index in [0.717, 1.165) is 21.3 Å². The third-order valence-electron chi connectivity index (χ3n) is 3.20. The lowest BCUT2D eigenvalue weighted by Gasteiger charge is -2.16. The molecule has 0 fully saturated rings. The van der Waals surface area contributed by atoms with Gasteiger partial charge in [0.05, 0.1) is 0 Å². The lowest BCUT2D eigenvalue weighted by Crippen LogP contribution is -2.07. The summed E-state index contributed by atoms with van der Waals surface area (Å²) < 4.78 is 20.4. The van der Waals surface area contributed by atoms with Crippen LogP contribution in [-0.4, -0.2) is 7.05 Å². The van der Waals surface area contributed by atoms with Crippen LogP contribution in [0.4, 0.5) is 4.39 Å². The summed E-state index contributed by atoms with van der Waals surface area (Å²) >= 11 is 3.48. The number of hydrogen-bond donors (Lipinski definition) is 1. The van der Waals surface area contributed by atoms with E-state index in [9.17, 15) is 4.39 Å². The van der Waals surface area contributed by atoms with Crippen LogP contribution in [-0.2, 0) is 6.54 Å². The molecule has 0 heterocycles. The summed E-state index contributed by atoms with van der Waals surface area (Å²) in [7, 11) is 1.83. The summed E-state index contributed by atoms with van der Waals surface area (Å²) in [6.45, 7) is 4.79. The molecule has 0 spiro atoms. The highest BCUT2D eigenvalue weighted by molar-refractivity contribution is 9.10. The minimum Gasteiger partial charge on any atom is -0.457 e. The van der Waals surface area contributed by atoms with Crippen LogP contribution in [0.3, 0.4) is 0 Å². The molecule has 0 aliphatic carbocycles. The highest BCUT2D eigenvalue weighted by Crippen LogP contribution is 2.34. The topological polar surface area (TPSA) is 21.3 Å². The van der Waals surface area contributed by atoms with Crippen LogP contribution in [0.1, 0.15) is 30.9 Å². The van der Waals surface area contributed by atoms with E-state index in [2.05, 4.69) is 41.2 Å². The third-order valence-corrected chi connectivity index (χ3v) is 3.70. The second-order valence-corrected chi connectivity index (χ2v) is 6.14. The van der Waals surface area contributed by atoms with Gasteiger partial charge in [-0.05, 0) is 54.9 Å². The van der Waals surface area contributed by atoms with E-state index in [1.54, 1.807) is 6.07 Å². The first-order chi connectivity index (χ1) is 10.0. The van der Waals surface area contributed by atoms with Gasteiger partial charge in [0.2, 0.25) is 0 Å². The van der Waals surface area contributed by atoms with Crippen LogP contribution in [0.15, 0.2) is 40.9 Å². The summed E-state index contributed by atoms with van der Waals surface area (Å²) in [6, 6.07) is 10.5. The summed E-state index contributed by atoms with van der Waals surface area (Å²) in [5.74, 6) is 1.56. The van der Waals surface area contributed by atoms with Crippen molar-refractivity contribution in [2.24, 2.45) is 0 Å². The molecule has 0 amide bonds. The summed E-state index contributed by atoms with van der Waals surface area (Å²) in [5, 5.41) is 3.03. The first kappa shape index (κ1) is 16.0. The number of hydrogen-bond acceptors (Lipinski definition) is 2. The molecule has 0 atom stereocenters. The Morgan fingerprint density at radius 3 is 2.52 bits per heavy atom. The van der Waals surface area contributed by atoms with Crippen molar-refractivity contribution in [1.29, 1.82) is 0 Å². The predicted molar refractivity (Wildman–Crippen MR) is 87.5 cm³/mol. The third kappa shape index (κ3) is 4.05. The number of ether oxygens (including phenoxy) is 1. The van der Waals surface area contributed by atoms with Gasteiger partial charge in [0.15, 0.2) is 0 Å². The fraction of sp³-hybridized carbons (Fsp3) is 0.294. The quantitative estimate of drug-likeness (QED) is 0.796. The van der Waals surface area contributed by atoms with Crippen molar-refractivity contribution < 1.29 is 9.13 Å². The van der Waals surface area contributed by atoms with Gasteiger partial charge < -0.3 is 10.1 Å². The Morgan fingerprint density at radius 1 is 1.14 bits per heavy atom. The molecule has 0 aliphatic rings. The van der Waals surface area contributed by atoms with Crippen LogP contribution in [0, 0.1) is 5.82 Å². The van der Waals surface area contributed by atoms with E-state index in [-0.39, 0.29) is 5.82 Å².